The maximum atomic E-state index is 13.9. The number of Topliss-reactive ketones (excluding diaryl/α,β-unsaturated/α-hetero) is 1. The number of nitrogens with zero attached hydrogens (tertiary/aromatic N) is 1. The molecule has 1 fully saturated rings. The van der Waals surface area contributed by atoms with E-state index in [1.807, 2.05) is 66.9 Å². The summed E-state index contributed by atoms with van der Waals surface area (Å²) in [5.74, 6) is 1.28. The van der Waals surface area contributed by atoms with Crippen LogP contribution in [0.1, 0.15) is 34.8 Å². The number of ketones is 1. The first-order chi connectivity index (χ1) is 17.7. The number of para-hydroxylation sites is 1. The van der Waals surface area contributed by atoms with Gasteiger partial charge in [-0.1, -0.05) is 48.5 Å². The van der Waals surface area contributed by atoms with Crippen LogP contribution in [0.2, 0.25) is 0 Å². The zero-order valence-electron chi connectivity index (χ0n) is 19.8. The molecule has 36 heavy (non-hydrogen) atoms. The highest BCUT2D eigenvalue weighted by Gasteiger charge is 2.34. The van der Waals surface area contributed by atoms with Gasteiger partial charge in [-0.05, 0) is 49.7 Å². The lowest BCUT2D eigenvalue weighted by Gasteiger charge is -2.36. The number of carbonyl (C=O) groups excluding carboxylic acids is 2. The summed E-state index contributed by atoms with van der Waals surface area (Å²) in [6, 6.07) is 22.8. The Morgan fingerprint density at radius 3 is 2.50 bits per heavy atom. The van der Waals surface area contributed by atoms with Crippen LogP contribution in [0, 0.1) is 5.92 Å². The summed E-state index contributed by atoms with van der Waals surface area (Å²) >= 11 is 0. The van der Waals surface area contributed by atoms with Crippen molar-refractivity contribution in [1.82, 2.24) is 9.88 Å². The van der Waals surface area contributed by atoms with Gasteiger partial charge in [-0.15, -0.1) is 0 Å². The van der Waals surface area contributed by atoms with Gasteiger partial charge in [0.2, 0.25) is 12.7 Å². The van der Waals surface area contributed by atoms with Gasteiger partial charge in [-0.2, -0.15) is 0 Å². The number of carbonyl (C=O) groups is 2. The van der Waals surface area contributed by atoms with Crippen LogP contribution in [-0.4, -0.2) is 41.5 Å². The third-order valence-electron chi connectivity index (χ3n) is 7.12. The highest BCUT2D eigenvalue weighted by atomic mass is 16.7. The largest absolute Gasteiger partial charge is 0.454 e. The zero-order valence-corrected chi connectivity index (χ0v) is 19.8. The van der Waals surface area contributed by atoms with E-state index in [0.29, 0.717) is 48.7 Å². The number of rotatable bonds is 6. The van der Waals surface area contributed by atoms with Gasteiger partial charge in [0.25, 0.3) is 0 Å². The Labute approximate surface area is 209 Å². The van der Waals surface area contributed by atoms with Crippen LogP contribution in [0.5, 0.6) is 11.5 Å². The van der Waals surface area contributed by atoms with Gasteiger partial charge < -0.3 is 19.8 Å². The van der Waals surface area contributed by atoms with Crippen LogP contribution in [-0.2, 0) is 4.79 Å². The lowest BCUT2D eigenvalue weighted by atomic mass is 9.90. The summed E-state index contributed by atoms with van der Waals surface area (Å²) in [6.07, 6.45) is 3.18. The molecule has 2 N–H and O–H groups in total. The van der Waals surface area contributed by atoms with Crippen LogP contribution in [0.4, 0.5) is 5.69 Å². The number of hydrogen-bond acceptors (Lipinski definition) is 5. The molecule has 1 saturated heterocycles. The predicted octanol–water partition coefficient (Wildman–Crippen LogP) is 5.17. The molecular formula is C29H27N3O4. The van der Waals surface area contributed by atoms with Crippen molar-refractivity contribution in [3.63, 3.8) is 0 Å². The van der Waals surface area contributed by atoms with E-state index >= 15 is 0 Å². The second kappa shape index (κ2) is 9.51. The number of nitrogens with one attached hydrogen (secondary N) is 2. The van der Waals surface area contributed by atoms with E-state index < -0.39 is 6.04 Å². The van der Waals surface area contributed by atoms with Gasteiger partial charge >= 0.3 is 0 Å². The molecule has 3 heterocycles. The summed E-state index contributed by atoms with van der Waals surface area (Å²) in [5, 5.41) is 3.95. The quantitative estimate of drug-likeness (QED) is 0.371. The predicted molar refractivity (Wildman–Crippen MR) is 137 cm³/mol. The molecule has 3 aromatic carbocycles. The third kappa shape index (κ3) is 4.22. The van der Waals surface area contributed by atoms with Crippen LogP contribution >= 0.6 is 0 Å². The minimum atomic E-state index is -0.400. The number of fused-ring (bicyclic) bond motifs is 2. The fourth-order valence-electron chi connectivity index (χ4n) is 5.22. The van der Waals surface area contributed by atoms with Crippen molar-refractivity contribution >= 4 is 28.3 Å². The van der Waals surface area contributed by atoms with Gasteiger partial charge in [0.15, 0.2) is 17.3 Å². The Balaban J connectivity index is 1.18. The SMILES string of the molecule is O=C(Nc1ccc2c(c1)OCO2)C1CCN([C@@H](C(=O)c2c[nH]c3ccccc23)c2ccccc2)CC1. The molecule has 0 bridgehead atoms. The van der Waals surface area contributed by atoms with Crippen molar-refractivity contribution in [3.8, 4) is 11.5 Å². The third-order valence-corrected chi connectivity index (χ3v) is 7.12. The van der Waals surface area contributed by atoms with E-state index in [9.17, 15) is 9.59 Å². The number of hydrogen-bond donors (Lipinski definition) is 2. The first-order valence-corrected chi connectivity index (χ1v) is 12.3. The van der Waals surface area contributed by atoms with Gasteiger partial charge in [-0.3, -0.25) is 14.5 Å². The molecule has 0 radical (unpaired) electrons. The number of H-pyrrole nitrogens is 1. The lowest BCUT2D eigenvalue weighted by molar-refractivity contribution is -0.121. The average molecular weight is 482 g/mol. The van der Waals surface area contributed by atoms with Crippen molar-refractivity contribution in [3.05, 3.63) is 90.1 Å². The normalized spacial score (nSPS) is 16.7. The monoisotopic (exact) mass is 481 g/mol. The van der Waals surface area contributed by atoms with Crippen molar-refractivity contribution < 1.29 is 19.1 Å². The molecule has 7 nitrogen and oxygen atoms in total. The molecule has 0 aliphatic carbocycles. The van der Waals surface area contributed by atoms with Crippen LogP contribution in [0.3, 0.4) is 0 Å². The molecule has 6 rings (SSSR count). The number of ether oxygens (including phenoxy) is 2. The molecule has 1 atom stereocenters. The second-order valence-corrected chi connectivity index (χ2v) is 9.29. The summed E-state index contributed by atoms with van der Waals surface area (Å²) < 4.78 is 10.8. The second-order valence-electron chi connectivity index (χ2n) is 9.29. The molecule has 0 spiro atoms. The Morgan fingerprint density at radius 2 is 1.67 bits per heavy atom. The Kier molecular flexibility index (Phi) is 5.91. The summed E-state index contributed by atoms with van der Waals surface area (Å²) in [4.78, 5) is 32.4. The average Bonchev–Trinajstić information content (AvgIpc) is 3.57. The summed E-state index contributed by atoms with van der Waals surface area (Å²) in [6.45, 7) is 1.52. The summed E-state index contributed by atoms with van der Waals surface area (Å²) in [7, 11) is 0. The first kappa shape index (κ1) is 22.4. The topological polar surface area (TPSA) is 83.7 Å². The number of benzene rings is 3. The van der Waals surface area contributed by atoms with Crippen molar-refractivity contribution in [2.24, 2.45) is 5.92 Å². The standard InChI is InChI=1S/C29H27N3O4/c33-28(23-17-30-24-9-5-4-8-22(23)24)27(19-6-2-1-3-7-19)32-14-12-20(13-15-32)29(34)31-21-10-11-25-26(16-21)36-18-35-25/h1-11,16-17,20,27,30H,12-15,18H2,(H,31,34)/t27-/m1/s1. The number of anilines is 1. The molecular weight excluding hydrogens is 454 g/mol. The molecule has 1 amide bonds. The van der Waals surface area contributed by atoms with Crippen molar-refractivity contribution in [2.75, 3.05) is 25.2 Å². The van der Waals surface area contributed by atoms with Crippen molar-refractivity contribution in [2.45, 2.75) is 18.9 Å². The summed E-state index contributed by atoms with van der Waals surface area (Å²) in [5.41, 5.74) is 3.31. The Morgan fingerprint density at radius 1 is 0.917 bits per heavy atom. The lowest BCUT2D eigenvalue weighted by Crippen LogP contribution is -2.42. The molecule has 1 aromatic heterocycles. The van der Waals surface area contributed by atoms with E-state index in [4.69, 9.17) is 9.47 Å². The number of likely N-dealkylation sites (tertiary alicyclic amines) is 1. The van der Waals surface area contributed by atoms with E-state index in [0.717, 1.165) is 16.5 Å². The van der Waals surface area contributed by atoms with E-state index in [1.54, 1.807) is 12.1 Å². The van der Waals surface area contributed by atoms with Gasteiger partial charge in [0.1, 0.15) is 0 Å². The fourth-order valence-corrected chi connectivity index (χ4v) is 5.22. The number of aromatic nitrogens is 1. The van der Waals surface area contributed by atoms with Crippen LogP contribution in [0.15, 0.2) is 79.0 Å². The highest BCUT2D eigenvalue weighted by molar-refractivity contribution is 6.10. The van der Waals surface area contributed by atoms with Gasteiger partial charge in [-0.25, -0.2) is 0 Å². The number of piperidine rings is 1. The first-order valence-electron chi connectivity index (χ1n) is 12.3. The molecule has 0 saturated carbocycles. The zero-order chi connectivity index (χ0) is 24.5. The van der Waals surface area contributed by atoms with E-state index in [-0.39, 0.29) is 24.4 Å². The van der Waals surface area contributed by atoms with Crippen LogP contribution in [0.25, 0.3) is 10.9 Å². The van der Waals surface area contributed by atoms with Gasteiger partial charge in [0, 0.05) is 40.3 Å². The molecule has 2 aliphatic heterocycles. The Bertz CT molecular complexity index is 1410. The van der Waals surface area contributed by atoms with Crippen LogP contribution < -0.4 is 14.8 Å². The van der Waals surface area contributed by atoms with Gasteiger partial charge in [0.05, 0.1) is 6.04 Å². The van der Waals surface area contributed by atoms with E-state index in [2.05, 4.69) is 15.2 Å². The maximum Gasteiger partial charge on any atom is 0.231 e. The minimum Gasteiger partial charge on any atom is -0.454 e. The Hall–Kier alpha value is -4.10. The molecule has 7 heteroatoms. The maximum absolute atomic E-state index is 13.9. The molecule has 0 unspecified atom stereocenters. The molecule has 4 aromatic rings. The fraction of sp³-hybridized carbons (Fsp3) is 0.241. The number of amides is 1. The molecule has 182 valence electrons. The number of aromatic amines is 1. The smallest absolute Gasteiger partial charge is 0.231 e. The van der Waals surface area contributed by atoms with E-state index in [1.165, 1.54) is 0 Å². The van der Waals surface area contributed by atoms with Crippen molar-refractivity contribution in [1.29, 1.82) is 0 Å². The molecule has 2 aliphatic rings. The minimum absolute atomic E-state index is 0.00673. The highest BCUT2D eigenvalue weighted by Crippen LogP contribution is 2.35.